The van der Waals surface area contributed by atoms with E-state index in [0.717, 1.165) is 7.11 Å². The lowest BCUT2D eigenvalue weighted by molar-refractivity contribution is 0.0594. The van der Waals surface area contributed by atoms with Crippen molar-refractivity contribution in [3.63, 3.8) is 0 Å². The van der Waals surface area contributed by atoms with Crippen LogP contribution in [0.25, 0.3) is 0 Å². The van der Waals surface area contributed by atoms with Crippen LogP contribution in [0.2, 0.25) is 0 Å². The highest BCUT2D eigenvalue weighted by Crippen LogP contribution is 2.20. The maximum absolute atomic E-state index is 13.7. The number of hydrogen-bond acceptors (Lipinski definition) is 4. The fourth-order valence-corrected chi connectivity index (χ4v) is 1.51. The third-order valence-corrected chi connectivity index (χ3v) is 2.48. The van der Waals surface area contributed by atoms with E-state index in [1.165, 1.54) is 12.1 Å². The van der Waals surface area contributed by atoms with Gasteiger partial charge in [0.1, 0.15) is 0 Å². The Morgan fingerprint density at radius 1 is 1.26 bits per heavy atom. The van der Waals surface area contributed by atoms with E-state index in [-0.39, 0.29) is 5.69 Å². The number of carbonyl (C=O) groups is 1. The van der Waals surface area contributed by atoms with Crippen LogP contribution in [0.4, 0.5) is 14.5 Å². The van der Waals surface area contributed by atoms with E-state index in [1.807, 2.05) is 13.8 Å². The quantitative estimate of drug-likeness (QED) is 0.615. The fourth-order valence-electron chi connectivity index (χ4n) is 1.51. The monoisotopic (exact) mass is 272 g/mol. The molecule has 0 fully saturated rings. The smallest absolute Gasteiger partial charge is 0.340 e. The molecule has 2 N–H and O–H groups in total. The molecule has 19 heavy (non-hydrogen) atoms. The van der Waals surface area contributed by atoms with E-state index in [1.54, 1.807) is 0 Å². The molecular formula is C13H18F2N2O2. The predicted octanol–water partition coefficient (Wildman–Crippen LogP) is 2.16. The third-order valence-electron chi connectivity index (χ3n) is 2.48. The summed E-state index contributed by atoms with van der Waals surface area (Å²) >= 11 is 0. The van der Waals surface area contributed by atoms with Gasteiger partial charge in [0.25, 0.3) is 0 Å². The largest absolute Gasteiger partial charge is 0.465 e. The van der Waals surface area contributed by atoms with Crippen molar-refractivity contribution in [1.82, 2.24) is 5.32 Å². The Balaban J connectivity index is 2.71. The standard InChI is InChI=1S/C13H18F2N2O2/c1-8(2)16-6-7-17-10-5-4-9(13(18)19-3)11(14)12(10)15/h4-5,8,16-17H,6-7H2,1-3H3. The van der Waals surface area contributed by atoms with Gasteiger partial charge in [0.2, 0.25) is 0 Å². The van der Waals surface area contributed by atoms with Gasteiger partial charge in [-0.05, 0) is 12.1 Å². The van der Waals surface area contributed by atoms with E-state index < -0.39 is 23.2 Å². The Kier molecular flexibility index (Phi) is 5.69. The molecule has 6 heteroatoms. The van der Waals surface area contributed by atoms with Crippen molar-refractivity contribution in [2.75, 3.05) is 25.5 Å². The maximum atomic E-state index is 13.7. The number of nitrogens with one attached hydrogen (secondary N) is 2. The molecule has 0 spiro atoms. The van der Waals surface area contributed by atoms with Gasteiger partial charge in [0.05, 0.1) is 18.4 Å². The minimum absolute atomic E-state index is 0.0238. The molecule has 0 aliphatic rings. The summed E-state index contributed by atoms with van der Waals surface area (Å²) in [7, 11) is 1.11. The molecule has 0 saturated heterocycles. The van der Waals surface area contributed by atoms with Crippen molar-refractivity contribution in [3.8, 4) is 0 Å². The molecule has 0 aliphatic heterocycles. The second-order valence-corrected chi connectivity index (χ2v) is 4.32. The first kappa shape index (κ1) is 15.4. The van der Waals surface area contributed by atoms with Gasteiger partial charge in [-0.3, -0.25) is 0 Å². The first-order valence-electron chi connectivity index (χ1n) is 6.01. The first-order chi connectivity index (χ1) is 8.97. The molecule has 0 atom stereocenters. The van der Waals surface area contributed by atoms with Crippen LogP contribution in [-0.4, -0.2) is 32.2 Å². The predicted molar refractivity (Wildman–Crippen MR) is 69.3 cm³/mol. The van der Waals surface area contributed by atoms with Crippen LogP contribution in [0, 0.1) is 11.6 Å². The van der Waals surface area contributed by atoms with E-state index >= 15 is 0 Å². The third kappa shape index (κ3) is 4.17. The van der Waals surface area contributed by atoms with Gasteiger partial charge in [-0.1, -0.05) is 13.8 Å². The highest BCUT2D eigenvalue weighted by atomic mass is 19.2. The molecule has 0 unspecified atom stereocenters. The lowest BCUT2D eigenvalue weighted by Gasteiger charge is -2.11. The Bertz CT molecular complexity index is 451. The minimum atomic E-state index is -1.20. The van der Waals surface area contributed by atoms with Crippen LogP contribution in [0.3, 0.4) is 0 Å². The molecule has 0 radical (unpaired) electrons. The molecule has 1 aromatic carbocycles. The summed E-state index contributed by atoms with van der Waals surface area (Å²) < 4.78 is 31.6. The molecular weight excluding hydrogens is 254 g/mol. The van der Waals surface area contributed by atoms with Crippen molar-refractivity contribution in [1.29, 1.82) is 0 Å². The van der Waals surface area contributed by atoms with Crippen molar-refractivity contribution < 1.29 is 18.3 Å². The molecule has 0 aliphatic carbocycles. The number of hydrogen-bond donors (Lipinski definition) is 2. The van der Waals surface area contributed by atoms with E-state index in [9.17, 15) is 13.6 Å². The summed E-state index contributed by atoms with van der Waals surface area (Å²) in [5, 5.41) is 5.90. The number of anilines is 1. The Labute approximate surface area is 111 Å². The fraction of sp³-hybridized carbons (Fsp3) is 0.462. The number of halogens is 2. The average Bonchev–Trinajstić information content (AvgIpc) is 2.38. The van der Waals surface area contributed by atoms with E-state index in [4.69, 9.17) is 0 Å². The summed E-state index contributed by atoms with van der Waals surface area (Å²) in [6, 6.07) is 2.84. The zero-order chi connectivity index (χ0) is 14.4. The molecule has 4 nitrogen and oxygen atoms in total. The number of ether oxygens (including phenoxy) is 1. The summed E-state index contributed by atoms with van der Waals surface area (Å²) in [5.41, 5.74) is -0.387. The summed E-state index contributed by atoms with van der Waals surface area (Å²) in [4.78, 5) is 11.2. The van der Waals surface area contributed by atoms with Crippen LogP contribution in [0.15, 0.2) is 12.1 Å². The van der Waals surface area contributed by atoms with Gasteiger partial charge in [-0.2, -0.15) is 0 Å². The molecule has 0 saturated carbocycles. The normalized spacial score (nSPS) is 10.6. The minimum Gasteiger partial charge on any atom is -0.465 e. The van der Waals surface area contributed by atoms with Gasteiger partial charge in [-0.25, -0.2) is 13.6 Å². The van der Waals surface area contributed by atoms with Gasteiger partial charge in [0, 0.05) is 19.1 Å². The van der Waals surface area contributed by atoms with E-state index in [2.05, 4.69) is 15.4 Å². The molecule has 1 aromatic rings. The van der Waals surface area contributed by atoms with Crippen LogP contribution in [0.5, 0.6) is 0 Å². The van der Waals surface area contributed by atoms with E-state index in [0.29, 0.717) is 19.1 Å². The molecule has 0 bridgehead atoms. The number of benzene rings is 1. The molecule has 0 heterocycles. The average molecular weight is 272 g/mol. The number of carbonyl (C=O) groups excluding carboxylic acids is 1. The molecule has 106 valence electrons. The zero-order valence-electron chi connectivity index (χ0n) is 11.2. The highest BCUT2D eigenvalue weighted by molar-refractivity contribution is 5.90. The second-order valence-electron chi connectivity index (χ2n) is 4.32. The van der Waals surface area contributed by atoms with Crippen molar-refractivity contribution in [3.05, 3.63) is 29.3 Å². The van der Waals surface area contributed by atoms with Crippen LogP contribution < -0.4 is 10.6 Å². The lowest BCUT2D eigenvalue weighted by Crippen LogP contribution is -2.28. The Morgan fingerprint density at radius 3 is 2.53 bits per heavy atom. The van der Waals surface area contributed by atoms with Gasteiger partial charge in [0.15, 0.2) is 11.6 Å². The van der Waals surface area contributed by atoms with Crippen molar-refractivity contribution in [2.45, 2.75) is 19.9 Å². The highest BCUT2D eigenvalue weighted by Gasteiger charge is 2.18. The van der Waals surface area contributed by atoms with Gasteiger partial charge >= 0.3 is 5.97 Å². The molecule has 0 aromatic heterocycles. The molecule has 1 rings (SSSR count). The van der Waals surface area contributed by atoms with Crippen molar-refractivity contribution >= 4 is 11.7 Å². The summed E-state index contributed by atoms with van der Waals surface area (Å²) in [6.45, 7) is 5.06. The number of methoxy groups -OCH3 is 1. The summed E-state index contributed by atoms with van der Waals surface area (Å²) in [5.74, 6) is -3.18. The number of rotatable bonds is 6. The van der Waals surface area contributed by atoms with Crippen LogP contribution >= 0.6 is 0 Å². The maximum Gasteiger partial charge on any atom is 0.340 e. The van der Waals surface area contributed by atoms with Crippen molar-refractivity contribution in [2.24, 2.45) is 0 Å². The van der Waals surface area contributed by atoms with Gasteiger partial charge in [-0.15, -0.1) is 0 Å². The first-order valence-corrected chi connectivity index (χ1v) is 6.01. The van der Waals surface area contributed by atoms with Crippen LogP contribution in [0.1, 0.15) is 24.2 Å². The second kappa shape index (κ2) is 7.04. The number of esters is 1. The topological polar surface area (TPSA) is 50.4 Å². The Hall–Kier alpha value is -1.69. The SMILES string of the molecule is COC(=O)c1ccc(NCCNC(C)C)c(F)c1F. The van der Waals surface area contributed by atoms with Gasteiger partial charge < -0.3 is 15.4 Å². The Morgan fingerprint density at radius 2 is 1.95 bits per heavy atom. The zero-order valence-corrected chi connectivity index (χ0v) is 11.2. The summed E-state index contributed by atoms with van der Waals surface area (Å²) in [6.07, 6.45) is 0. The molecule has 0 amide bonds. The van der Waals surface area contributed by atoms with Crippen LogP contribution in [-0.2, 0) is 4.74 Å². The lowest BCUT2D eigenvalue weighted by atomic mass is 10.2.